The maximum atomic E-state index is 10.3. The molecule has 1 rings (SSSR count). The molecule has 0 aliphatic rings. The zero-order valence-electron chi connectivity index (χ0n) is 8.82. The summed E-state index contributed by atoms with van der Waals surface area (Å²) in [5.74, 6) is 0. The molecule has 14 heavy (non-hydrogen) atoms. The molecule has 1 atom stereocenters. The highest BCUT2D eigenvalue weighted by Gasteiger charge is 2.22. The van der Waals surface area contributed by atoms with E-state index in [-0.39, 0.29) is 6.42 Å². The van der Waals surface area contributed by atoms with Gasteiger partial charge in [0.15, 0.2) is 0 Å². The van der Waals surface area contributed by atoms with E-state index in [1.165, 1.54) is 0 Å². The van der Waals surface area contributed by atoms with Gasteiger partial charge in [-0.2, -0.15) is 5.10 Å². The highest BCUT2D eigenvalue weighted by molar-refractivity contribution is 5.51. The van der Waals surface area contributed by atoms with E-state index in [0.717, 1.165) is 17.7 Å². The molecule has 0 aliphatic heterocycles. The number of aryl methyl sites for hydroxylation is 2. The summed E-state index contributed by atoms with van der Waals surface area (Å²) in [5.41, 5.74) is 0.890. The third-order valence-corrected chi connectivity index (χ3v) is 2.18. The summed E-state index contributed by atoms with van der Waals surface area (Å²) in [6, 6.07) is 1.92. The van der Waals surface area contributed by atoms with Crippen molar-refractivity contribution >= 4 is 6.29 Å². The standard InChI is InChI=1S/C10H16N2O2/c1-8-6-9(12(3)11-8)7-10(2,14)4-5-13/h5-6,14H,4,7H2,1-3H3. The first-order valence-electron chi connectivity index (χ1n) is 4.60. The number of carbonyl (C=O) groups excluding carboxylic acids is 1. The molecule has 0 spiro atoms. The number of hydrogen-bond donors (Lipinski definition) is 1. The van der Waals surface area contributed by atoms with Gasteiger partial charge >= 0.3 is 0 Å². The molecule has 78 valence electrons. The van der Waals surface area contributed by atoms with Gasteiger partial charge in [0.1, 0.15) is 6.29 Å². The van der Waals surface area contributed by atoms with Gasteiger partial charge in [-0.25, -0.2) is 0 Å². The molecule has 0 fully saturated rings. The number of carbonyl (C=O) groups is 1. The average molecular weight is 196 g/mol. The van der Waals surface area contributed by atoms with Crippen molar-refractivity contribution in [3.05, 3.63) is 17.5 Å². The minimum Gasteiger partial charge on any atom is -0.389 e. The van der Waals surface area contributed by atoms with E-state index in [4.69, 9.17) is 0 Å². The molecule has 0 saturated heterocycles. The zero-order valence-corrected chi connectivity index (χ0v) is 8.82. The van der Waals surface area contributed by atoms with Crippen LogP contribution in [0.25, 0.3) is 0 Å². The lowest BCUT2D eigenvalue weighted by atomic mass is 9.97. The van der Waals surface area contributed by atoms with E-state index in [9.17, 15) is 9.90 Å². The van der Waals surface area contributed by atoms with Gasteiger partial charge in [-0.05, 0) is 19.9 Å². The number of aldehydes is 1. The van der Waals surface area contributed by atoms with Crippen LogP contribution in [0.2, 0.25) is 0 Å². The highest BCUT2D eigenvalue weighted by atomic mass is 16.3. The van der Waals surface area contributed by atoms with Crippen LogP contribution in [0.1, 0.15) is 24.7 Å². The molecule has 0 radical (unpaired) electrons. The lowest BCUT2D eigenvalue weighted by molar-refractivity contribution is -0.111. The van der Waals surface area contributed by atoms with Crippen molar-refractivity contribution in [1.82, 2.24) is 9.78 Å². The van der Waals surface area contributed by atoms with Gasteiger partial charge in [-0.15, -0.1) is 0 Å². The van der Waals surface area contributed by atoms with E-state index < -0.39 is 5.60 Å². The van der Waals surface area contributed by atoms with Crippen LogP contribution in [-0.2, 0) is 18.3 Å². The van der Waals surface area contributed by atoms with E-state index >= 15 is 0 Å². The lowest BCUT2D eigenvalue weighted by Crippen LogP contribution is -2.28. The minimum atomic E-state index is -0.970. The van der Waals surface area contributed by atoms with Crippen molar-refractivity contribution in [2.75, 3.05) is 0 Å². The fraction of sp³-hybridized carbons (Fsp3) is 0.600. The van der Waals surface area contributed by atoms with Gasteiger partial charge in [0, 0.05) is 25.6 Å². The molecule has 4 nitrogen and oxygen atoms in total. The summed E-state index contributed by atoms with van der Waals surface area (Å²) in [6.45, 7) is 3.56. The average Bonchev–Trinajstić information content (AvgIpc) is 2.28. The summed E-state index contributed by atoms with van der Waals surface area (Å²) < 4.78 is 1.73. The van der Waals surface area contributed by atoms with Gasteiger partial charge in [0.05, 0.1) is 11.3 Å². The molecule has 4 heteroatoms. The molecule has 1 heterocycles. The monoisotopic (exact) mass is 196 g/mol. The zero-order chi connectivity index (χ0) is 10.8. The molecule has 1 aromatic heterocycles. The van der Waals surface area contributed by atoms with Crippen LogP contribution in [0, 0.1) is 6.92 Å². The molecule has 1 N–H and O–H groups in total. The van der Waals surface area contributed by atoms with Gasteiger partial charge in [-0.1, -0.05) is 0 Å². The fourth-order valence-corrected chi connectivity index (χ4v) is 1.47. The topological polar surface area (TPSA) is 55.1 Å². The lowest BCUT2D eigenvalue weighted by Gasteiger charge is -2.19. The molecule has 1 aromatic rings. The smallest absolute Gasteiger partial charge is 0.122 e. The molecule has 0 saturated carbocycles. The second kappa shape index (κ2) is 3.92. The predicted molar refractivity (Wildman–Crippen MR) is 53.0 cm³/mol. The van der Waals surface area contributed by atoms with Crippen LogP contribution in [0.15, 0.2) is 6.07 Å². The van der Waals surface area contributed by atoms with Crippen molar-refractivity contribution in [1.29, 1.82) is 0 Å². The Hall–Kier alpha value is -1.16. The van der Waals surface area contributed by atoms with Crippen molar-refractivity contribution in [3.8, 4) is 0 Å². The van der Waals surface area contributed by atoms with Crippen molar-refractivity contribution in [2.24, 2.45) is 7.05 Å². The Morgan fingerprint density at radius 3 is 2.79 bits per heavy atom. The normalized spacial score (nSPS) is 15.1. The van der Waals surface area contributed by atoms with Gasteiger partial charge in [0.2, 0.25) is 0 Å². The van der Waals surface area contributed by atoms with Gasteiger partial charge in [-0.3, -0.25) is 4.68 Å². The summed E-state index contributed by atoms with van der Waals surface area (Å²) in [7, 11) is 1.83. The minimum absolute atomic E-state index is 0.150. The summed E-state index contributed by atoms with van der Waals surface area (Å²) in [5, 5.41) is 14.0. The van der Waals surface area contributed by atoms with Crippen LogP contribution in [0.3, 0.4) is 0 Å². The summed E-state index contributed by atoms with van der Waals surface area (Å²) in [4.78, 5) is 10.3. The fourth-order valence-electron chi connectivity index (χ4n) is 1.47. The number of hydrogen-bond acceptors (Lipinski definition) is 3. The predicted octanol–water partition coefficient (Wildman–Crippen LogP) is 0.611. The van der Waals surface area contributed by atoms with E-state index in [1.54, 1.807) is 11.6 Å². The Bertz CT molecular complexity index is 329. The second-order valence-corrected chi connectivity index (χ2v) is 3.95. The van der Waals surface area contributed by atoms with E-state index in [1.807, 2.05) is 20.0 Å². The molecule has 0 bridgehead atoms. The Morgan fingerprint density at radius 2 is 2.36 bits per heavy atom. The van der Waals surface area contributed by atoms with Crippen LogP contribution in [0.4, 0.5) is 0 Å². The van der Waals surface area contributed by atoms with Crippen LogP contribution < -0.4 is 0 Å². The molecular formula is C10H16N2O2. The van der Waals surface area contributed by atoms with Crippen molar-refractivity contribution < 1.29 is 9.90 Å². The summed E-state index contributed by atoms with van der Waals surface area (Å²) in [6.07, 6.45) is 1.34. The SMILES string of the molecule is Cc1cc(CC(C)(O)CC=O)n(C)n1. The van der Waals surface area contributed by atoms with Crippen molar-refractivity contribution in [2.45, 2.75) is 32.3 Å². The van der Waals surface area contributed by atoms with Crippen LogP contribution >= 0.6 is 0 Å². The third kappa shape index (κ3) is 2.67. The van der Waals surface area contributed by atoms with Gasteiger partial charge in [0.25, 0.3) is 0 Å². The first kappa shape index (κ1) is 10.9. The Balaban J connectivity index is 2.77. The molecule has 1 unspecified atom stereocenters. The van der Waals surface area contributed by atoms with Gasteiger partial charge < -0.3 is 9.90 Å². The highest BCUT2D eigenvalue weighted by Crippen LogP contribution is 2.15. The largest absolute Gasteiger partial charge is 0.389 e. The Morgan fingerprint density at radius 1 is 1.71 bits per heavy atom. The number of aliphatic hydroxyl groups is 1. The second-order valence-electron chi connectivity index (χ2n) is 3.95. The first-order chi connectivity index (χ1) is 6.44. The quantitative estimate of drug-likeness (QED) is 0.718. The Labute approximate surface area is 83.5 Å². The maximum absolute atomic E-state index is 10.3. The van der Waals surface area contributed by atoms with Crippen molar-refractivity contribution in [3.63, 3.8) is 0 Å². The Kier molecular flexibility index (Phi) is 3.06. The first-order valence-corrected chi connectivity index (χ1v) is 4.60. The number of rotatable bonds is 4. The van der Waals surface area contributed by atoms with Crippen LogP contribution in [0.5, 0.6) is 0 Å². The molecule has 0 amide bonds. The molecule has 0 aromatic carbocycles. The molecular weight excluding hydrogens is 180 g/mol. The number of nitrogens with zero attached hydrogens (tertiary/aromatic N) is 2. The molecule has 0 aliphatic carbocycles. The van der Waals surface area contributed by atoms with E-state index in [2.05, 4.69) is 5.10 Å². The maximum Gasteiger partial charge on any atom is 0.122 e. The van der Waals surface area contributed by atoms with E-state index in [0.29, 0.717) is 6.42 Å². The number of aromatic nitrogens is 2. The van der Waals surface area contributed by atoms with Crippen LogP contribution in [-0.4, -0.2) is 26.8 Å². The summed E-state index contributed by atoms with van der Waals surface area (Å²) >= 11 is 0. The third-order valence-electron chi connectivity index (χ3n) is 2.18.